The lowest BCUT2D eigenvalue weighted by Gasteiger charge is -2.37. The Labute approximate surface area is 117 Å². The van der Waals surface area contributed by atoms with Gasteiger partial charge in [0.2, 0.25) is 0 Å². The molecule has 3 aliphatic rings. The lowest BCUT2D eigenvalue weighted by molar-refractivity contribution is -0.0473. The minimum atomic E-state index is -2.69. The first-order valence-electron chi connectivity index (χ1n) is 7.41. The van der Waals surface area contributed by atoms with Crippen LogP contribution in [0.5, 0.6) is 0 Å². The Balaban J connectivity index is 1.57. The lowest BCUT2D eigenvalue weighted by Crippen LogP contribution is -2.43. The first kappa shape index (κ1) is 12.7. The quantitative estimate of drug-likeness (QED) is 0.783. The van der Waals surface area contributed by atoms with Gasteiger partial charge in [0, 0.05) is 43.0 Å². The second-order valence-electron chi connectivity index (χ2n) is 6.44. The van der Waals surface area contributed by atoms with Crippen LogP contribution in [0.25, 0.3) is 0 Å². The number of hydrogen-bond acceptors (Lipinski definition) is 2. The Bertz CT molecular complexity index is 507. The molecule has 0 aromatic heterocycles. The molecule has 2 heterocycles. The average Bonchev–Trinajstić information content (AvgIpc) is 2.98. The molecule has 4 rings (SSSR count). The van der Waals surface area contributed by atoms with Crippen molar-refractivity contribution in [2.45, 2.75) is 24.8 Å². The van der Waals surface area contributed by atoms with E-state index >= 15 is 0 Å². The molecule has 0 radical (unpaired) electrons. The van der Waals surface area contributed by atoms with Crippen LogP contribution < -0.4 is 0 Å². The smallest absolute Gasteiger partial charge is 0.275 e. The number of rotatable bonds is 1. The van der Waals surface area contributed by atoms with Crippen molar-refractivity contribution in [3.05, 3.63) is 35.4 Å². The fraction of sp³-hybridized carbons (Fsp3) is 0.625. The second kappa shape index (κ2) is 4.50. The standard InChI is InChI=1S/C16H19F2NO/c17-16(18)6-14(5-11-3-1-2-4-15(11)16)19-7-12-9-20-10-13(12)8-19/h1-4,12-14H,5-10H2. The summed E-state index contributed by atoms with van der Waals surface area (Å²) in [6, 6.07) is 6.99. The fourth-order valence-electron chi connectivity index (χ4n) is 4.07. The average molecular weight is 279 g/mol. The van der Waals surface area contributed by atoms with Crippen LogP contribution in [0.15, 0.2) is 24.3 Å². The van der Waals surface area contributed by atoms with Crippen molar-refractivity contribution >= 4 is 0 Å². The summed E-state index contributed by atoms with van der Waals surface area (Å²) in [5, 5.41) is 0. The molecule has 0 bridgehead atoms. The molecule has 20 heavy (non-hydrogen) atoms. The zero-order valence-electron chi connectivity index (χ0n) is 11.4. The minimum Gasteiger partial charge on any atom is -0.381 e. The number of nitrogens with zero attached hydrogens (tertiary/aromatic N) is 1. The van der Waals surface area contributed by atoms with Gasteiger partial charge in [-0.1, -0.05) is 24.3 Å². The summed E-state index contributed by atoms with van der Waals surface area (Å²) in [6.07, 6.45) is 0.719. The van der Waals surface area contributed by atoms with Gasteiger partial charge in [0.15, 0.2) is 0 Å². The van der Waals surface area contributed by atoms with E-state index in [2.05, 4.69) is 4.90 Å². The topological polar surface area (TPSA) is 12.5 Å². The monoisotopic (exact) mass is 279 g/mol. The maximum Gasteiger partial charge on any atom is 0.275 e. The van der Waals surface area contributed by atoms with Gasteiger partial charge in [-0.3, -0.25) is 4.90 Å². The number of benzene rings is 1. The van der Waals surface area contributed by atoms with E-state index in [1.54, 1.807) is 12.1 Å². The highest BCUT2D eigenvalue weighted by Gasteiger charge is 2.46. The number of halogens is 2. The zero-order chi connectivity index (χ0) is 13.7. The van der Waals surface area contributed by atoms with E-state index in [1.807, 2.05) is 12.1 Å². The predicted molar refractivity (Wildman–Crippen MR) is 71.8 cm³/mol. The first-order chi connectivity index (χ1) is 9.63. The molecule has 4 heteroatoms. The Hall–Kier alpha value is -1.00. The van der Waals surface area contributed by atoms with E-state index in [0.29, 0.717) is 11.8 Å². The van der Waals surface area contributed by atoms with E-state index in [4.69, 9.17) is 4.74 Å². The van der Waals surface area contributed by atoms with Crippen LogP contribution in [0.1, 0.15) is 17.5 Å². The maximum atomic E-state index is 14.3. The molecule has 3 unspecified atom stereocenters. The van der Waals surface area contributed by atoms with Gasteiger partial charge < -0.3 is 4.74 Å². The molecule has 2 fully saturated rings. The molecule has 0 amide bonds. The van der Waals surface area contributed by atoms with Gasteiger partial charge in [-0.25, -0.2) is 8.78 Å². The number of ether oxygens (including phenoxy) is 1. The highest BCUT2D eigenvalue weighted by molar-refractivity contribution is 5.34. The van der Waals surface area contributed by atoms with Crippen LogP contribution in [0.4, 0.5) is 8.78 Å². The molecule has 0 spiro atoms. The van der Waals surface area contributed by atoms with Crippen molar-refractivity contribution in [1.82, 2.24) is 4.90 Å². The van der Waals surface area contributed by atoms with Crippen LogP contribution in [0.3, 0.4) is 0 Å². The molecular weight excluding hydrogens is 260 g/mol. The van der Waals surface area contributed by atoms with E-state index in [-0.39, 0.29) is 18.0 Å². The molecule has 3 atom stereocenters. The molecule has 1 aromatic carbocycles. The van der Waals surface area contributed by atoms with Crippen LogP contribution >= 0.6 is 0 Å². The molecule has 1 aliphatic carbocycles. The molecule has 2 aliphatic heterocycles. The highest BCUT2D eigenvalue weighted by atomic mass is 19.3. The third-order valence-corrected chi connectivity index (χ3v) is 5.14. The van der Waals surface area contributed by atoms with E-state index in [1.165, 1.54) is 0 Å². The Morgan fingerprint density at radius 2 is 1.80 bits per heavy atom. The third-order valence-electron chi connectivity index (χ3n) is 5.14. The van der Waals surface area contributed by atoms with Crippen LogP contribution in [0, 0.1) is 11.8 Å². The van der Waals surface area contributed by atoms with Gasteiger partial charge in [-0.05, 0) is 12.0 Å². The van der Waals surface area contributed by atoms with Crippen molar-refractivity contribution < 1.29 is 13.5 Å². The molecule has 108 valence electrons. The van der Waals surface area contributed by atoms with Crippen molar-refractivity contribution in [3.63, 3.8) is 0 Å². The fourth-order valence-corrected chi connectivity index (χ4v) is 4.07. The summed E-state index contributed by atoms with van der Waals surface area (Å²) in [7, 11) is 0. The number of fused-ring (bicyclic) bond motifs is 2. The zero-order valence-corrected chi connectivity index (χ0v) is 11.4. The SMILES string of the molecule is FC1(F)CC(N2CC3COCC3C2)Cc2ccccc21. The number of alkyl halides is 2. The van der Waals surface area contributed by atoms with Gasteiger partial charge in [0.1, 0.15) is 0 Å². The normalized spacial score (nSPS) is 35.8. The summed E-state index contributed by atoms with van der Waals surface area (Å²) in [5.41, 5.74) is 1.06. The largest absolute Gasteiger partial charge is 0.381 e. The summed E-state index contributed by atoms with van der Waals surface area (Å²) in [5.74, 6) is -1.57. The summed E-state index contributed by atoms with van der Waals surface area (Å²) in [4.78, 5) is 2.28. The van der Waals surface area contributed by atoms with Crippen molar-refractivity contribution in [2.24, 2.45) is 11.8 Å². The molecular formula is C16H19F2NO. The van der Waals surface area contributed by atoms with E-state index in [9.17, 15) is 8.78 Å². The molecule has 1 aromatic rings. The van der Waals surface area contributed by atoms with E-state index in [0.717, 1.165) is 38.3 Å². The predicted octanol–water partition coefficient (Wildman–Crippen LogP) is 2.67. The lowest BCUT2D eigenvalue weighted by atomic mass is 9.85. The van der Waals surface area contributed by atoms with Crippen molar-refractivity contribution in [3.8, 4) is 0 Å². The van der Waals surface area contributed by atoms with Gasteiger partial charge >= 0.3 is 0 Å². The van der Waals surface area contributed by atoms with Gasteiger partial charge in [0.05, 0.1) is 13.2 Å². The minimum absolute atomic E-state index is 0.0227. The molecule has 0 saturated carbocycles. The second-order valence-corrected chi connectivity index (χ2v) is 6.44. The number of hydrogen-bond donors (Lipinski definition) is 0. The Morgan fingerprint density at radius 3 is 2.55 bits per heavy atom. The van der Waals surface area contributed by atoms with E-state index < -0.39 is 5.92 Å². The summed E-state index contributed by atoms with van der Waals surface area (Å²) >= 11 is 0. The molecule has 0 N–H and O–H groups in total. The van der Waals surface area contributed by atoms with Crippen molar-refractivity contribution in [2.75, 3.05) is 26.3 Å². The first-order valence-corrected chi connectivity index (χ1v) is 7.41. The van der Waals surface area contributed by atoms with Gasteiger partial charge in [-0.15, -0.1) is 0 Å². The number of likely N-dealkylation sites (tertiary alicyclic amines) is 1. The van der Waals surface area contributed by atoms with Crippen molar-refractivity contribution in [1.29, 1.82) is 0 Å². The Kier molecular flexibility index (Phi) is 2.86. The Morgan fingerprint density at radius 1 is 1.10 bits per heavy atom. The molecule has 2 saturated heterocycles. The highest BCUT2D eigenvalue weighted by Crippen LogP contribution is 2.43. The van der Waals surface area contributed by atoms with Gasteiger partial charge in [0.25, 0.3) is 5.92 Å². The van der Waals surface area contributed by atoms with Crippen LogP contribution in [-0.4, -0.2) is 37.2 Å². The summed E-state index contributed by atoms with van der Waals surface area (Å²) in [6.45, 7) is 3.46. The summed E-state index contributed by atoms with van der Waals surface area (Å²) < 4.78 is 34.1. The maximum absolute atomic E-state index is 14.3. The third kappa shape index (κ3) is 1.97. The van der Waals surface area contributed by atoms with Gasteiger partial charge in [-0.2, -0.15) is 0 Å². The van der Waals surface area contributed by atoms with Crippen LogP contribution in [0.2, 0.25) is 0 Å². The van der Waals surface area contributed by atoms with Crippen LogP contribution in [-0.2, 0) is 17.1 Å². The molecule has 2 nitrogen and oxygen atoms in total.